The van der Waals surface area contributed by atoms with Gasteiger partial charge in [-0.25, -0.2) is 4.79 Å². The number of benzene rings is 1. The summed E-state index contributed by atoms with van der Waals surface area (Å²) >= 11 is 0. The van der Waals surface area contributed by atoms with Crippen molar-refractivity contribution >= 4 is 11.7 Å². The molecule has 2 rings (SSSR count). The van der Waals surface area contributed by atoms with Gasteiger partial charge in [-0.3, -0.25) is 10.1 Å². The van der Waals surface area contributed by atoms with Gasteiger partial charge >= 0.3 is 5.97 Å². The van der Waals surface area contributed by atoms with E-state index in [0.717, 1.165) is 11.3 Å². The van der Waals surface area contributed by atoms with E-state index in [1.807, 2.05) is 13.8 Å². The third-order valence-corrected chi connectivity index (χ3v) is 3.94. The highest BCUT2D eigenvalue weighted by atomic mass is 16.6. The number of nitrogens with zero attached hydrogens (tertiary/aromatic N) is 1. The first-order valence-electron chi connectivity index (χ1n) is 6.85. The van der Waals surface area contributed by atoms with Crippen molar-refractivity contribution in [3.8, 4) is 0 Å². The van der Waals surface area contributed by atoms with Crippen LogP contribution in [0.5, 0.6) is 0 Å². The number of hydrogen-bond acceptors (Lipinski definition) is 5. The van der Waals surface area contributed by atoms with E-state index < -0.39 is 16.8 Å². The topological polar surface area (TPSA) is 81.5 Å². The fourth-order valence-corrected chi connectivity index (χ4v) is 2.76. The second-order valence-corrected chi connectivity index (χ2v) is 5.21. The molecule has 0 bridgehead atoms. The van der Waals surface area contributed by atoms with E-state index in [2.05, 4.69) is 5.32 Å². The Morgan fingerprint density at radius 3 is 2.45 bits per heavy atom. The Morgan fingerprint density at radius 2 is 1.86 bits per heavy atom. The fourth-order valence-electron chi connectivity index (χ4n) is 2.76. The molecule has 6 nitrogen and oxygen atoms in total. The van der Waals surface area contributed by atoms with Crippen LogP contribution >= 0.6 is 0 Å². The van der Waals surface area contributed by atoms with Gasteiger partial charge in [0.15, 0.2) is 0 Å². The minimum atomic E-state index is -0.490. The summed E-state index contributed by atoms with van der Waals surface area (Å²) in [7, 11) is 1.31. The summed E-state index contributed by atoms with van der Waals surface area (Å²) in [4.78, 5) is 23.1. The molecule has 1 aliphatic heterocycles. The molecule has 0 aromatic heterocycles. The predicted molar refractivity (Wildman–Crippen MR) is 82.1 cm³/mol. The van der Waals surface area contributed by atoms with E-state index >= 15 is 0 Å². The van der Waals surface area contributed by atoms with Gasteiger partial charge in [0.25, 0.3) is 5.69 Å². The van der Waals surface area contributed by atoms with E-state index in [1.165, 1.54) is 13.2 Å². The zero-order valence-electron chi connectivity index (χ0n) is 13.0. The molecule has 0 fully saturated rings. The van der Waals surface area contributed by atoms with Gasteiger partial charge in [-0.05, 0) is 26.3 Å². The zero-order valence-corrected chi connectivity index (χ0v) is 13.0. The molecule has 1 aromatic carbocycles. The first kappa shape index (κ1) is 15.8. The molecule has 1 aliphatic rings. The zero-order chi connectivity index (χ0) is 16.4. The van der Waals surface area contributed by atoms with Crippen molar-refractivity contribution in [2.24, 2.45) is 0 Å². The van der Waals surface area contributed by atoms with Crippen LogP contribution in [-0.4, -0.2) is 18.0 Å². The average Bonchev–Trinajstić information content (AvgIpc) is 2.49. The molecule has 116 valence electrons. The predicted octanol–water partition coefficient (Wildman–Crippen LogP) is 3.02. The van der Waals surface area contributed by atoms with Crippen LogP contribution in [0.2, 0.25) is 0 Å². The van der Waals surface area contributed by atoms with Gasteiger partial charge in [-0.1, -0.05) is 18.2 Å². The van der Waals surface area contributed by atoms with Crippen molar-refractivity contribution < 1.29 is 14.5 Å². The van der Waals surface area contributed by atoms with Crippen LogP contribution in [0, 0.1) is 10.1 Å². The summed E-state index contributed by atoms with van der Waals surface area (Å²) in [6.45, 7) is 5.51. The lowest BCUT2D eigenvalue weighted by Gasteiger charge is -2.29. The Bertz CT molecular complexity index is 704. The summed E-state index contributed by atoms with van der Waals surface area (Å²) in [6, 6.07) is 6.48. The third kappa shape index (κ3) is 2.59. The fraction of sp³-hybridized carbons (Fsp3) is 0.312. The van der Waals surface area contributed by atoms with Crippen LogP contribution < -0.4 is 5.32 Å². The minimum absolute atomic E-state index is 0.00393. The lowest BCUT2D eigenvalue weighted by atomic mass is 9.80. The summed E-state index contributed by atoms with van der Waals surface area (Å²) < 4.78 is 4.87. The Hall–Kier alpha value is -2.63. The van der Waals surface area contributed by atoms with Gasteiger partial charge in [-0.2, -0.15) is 0 Å². The van der Waals surface area contributed by atoms with E-state index in [4.69, 9.17) is 4.74 Å². The van der Waals surface area contributed by atoms with Crippen molar-refractivity contribution in [1.29, 1.82) is 0 Å². The first-order chi connectivity index (χ1) is 10.4. The highest BCUT2D eigenvalue weighted by molar-refractivity contribution is 5.92. The molecule has 1 aromatic rings. The van der Waals surface area contributed by atoms with Gasteiger partial charge in [0.05, 0.1) is 17.6 Å². The van der Waals surface area contributed by atoms with E-state index in [9.17, 15) is 14.9 Å². The lowest BCUT2D eigenvalue weighted by molar-refractivity contribution is -0.385. The number of ether oxygens (including phenoxy) is 1. The molecule has 0 amide bonds. The van der Waals surface area contributed by atoms with Crippen molar-refractivity contribution in [3.05, 3.63) is 62.5 Å². The number of nitro benzene ring substituents is 1. The second-order valence-electron chi connectivity index (χ2n) is 5.21. The highest BCUT2D eigenvalue weighted by Crippen LogP contribution is 2.41. The smallest absolute Gasteiger partial charge is 0.336 e. The van der Waals surface area contributed by atoms with Crippen LogP contribution in [0.1, 0.15) is 32.3 Å². The normalized spacial score (nSPS) is 18.1. The van der Waals surface area contributed by atoms with Crippen molar-refractivity contribution in [2.45, 2.75) is 26.7 Å². The van der Waals surface area contributed by atoms with E-state index in [-0.39, 0.29) is 5.69 Å². The van der Waals surface area contributed by atoms with Gasteiger partial charge in [0.2, 0.25) is 0 Å². The number of carbonyl (C=O) groups excluding carboxylic acids is 1. The van der Waals surface area contributed by atoms with Crippen molar-refractivity contribution in [1.82, 2.24) is 5.32 Å². The highest BCUT2D eigenvalue weighted by Gasteiger charge is 2.35. The molecule has 0 saturated heterocycles. The molecule has 0 spiro atoms. The Labute approximate surface area is 128 Å². The number of methoxy groups -OCH3 is 1. The third-order valence-electron chi connectivity index (χ3n) is 3.94. The summed E-state index contributed by atoms with van der Waals surface area (Å²) in [5, 5.41) is 14.5. The second kappa shape index (κ2) is 6.01. The minimum Gasteiger partial charge on any atom is -0.466 e. The largest absolute Gasteiger partial charge is 0.466 e. The molecule has 1 atom stereocenters. The summed E-state index contributed by atoms with van der Waals surface area (Å²) in [6.07, 6.45) is 0. The van der Waals surface area contributed by atoms with Gasteiger partial charge in [0.1, 0.15) is 0 Å². The number of hydrogen-bond donors (Lipinski definition) is 1. The maximum Gasteiger partial charge on any atom is 0.336 e. The molecule has 0 aliphatic carbocycles. The molecule has 1 unspecified atom stereocenters. The number of nitro groups is 1. The SMILES string of the molecule is COC(=O)C1=C(C)NC(C)=C(C)C1c1ccccc1[N+](=O)[O-]. The van der Waals surface area contributed by atoms with Crippen LogP contribution in [-0.2, 0) is 9.53 Å². The Balaban J connectivity index is 2.70. The van der Waals surface area contributed by atoms with Crippen LogP contribution in [0.3, 0.4) is 0 Å². The molecule has 1 heterocycles. The molecular formula is C16H18N2O4. The summed E-state index contributed by atoms with van der Waals surface area (Å²) in [5.74, 6) is -0.977. The molecule has 0 radical (unpaired) electrons. The van der Waals surface area contributed by atoms with Gasteiger partial charge in [-0.15, -0.1) is 0 Å². The molecule has 6 heteroatoms. The van der Waals surface area contributed by atoms with Crippen LogP contribution in [0.4, 0.5) is 5.69 Å². The maximum atomic E-state index is 12.2. The number of dihydropyridines is 1. The quantitative estimate of drug-likeness (QED) is 0.527. The molecule has 1 N–H and O–H groups in total. The van der Waals surface area contributed by atoms with Crippen LogP contribution in [0.25, 0.3) is 0 Å². The average molecular weight is 302 g/mol. The Morgan fingerprint density at radius 1 is 1.23 bits per heavy atom. The van der Waals surface area contributed by atoms with Gasteiger partial charge < -0.3 is 10.1 Å². The first-order valence-corrected chi connectivity index (χ1v) is 6.85. The standard InChI is InChI=1S/C16H18N2O4/c1-9-10(2)17-11(3)15(16(19)22-4)14(9)12-7-5-6-8-13(12)18(20)21/h5-8,14,17H,1-4H3. The maximum absolute atomic E-state index is 12.2. The van der Waals surface area contributed by atoms with Crippen LogP contribution in [0.15, 0.2) is 46.8 Å². The lowest BCUT2D eigenvalue weighted by Crippen LogP contribution is -2.28. The molecular weight excluding hydrogens is 284 g/mol. The number of rotatable bonds is 3. The monoisotopic (exact) mass is 302 g/mol. The van der Waals surface area contributed by atoms with Gasteiger partial charge in [0, 0.05) is 28.9 Å². The Kier molecular flexibility index (Phi) is 4.30. The number of esters is 1. The van der Waals surface area contributed by atoms with E-state index in [0.29, 0.717) is 16.8 Å². The number of allylic oxidation sites excluding steroid dienone is 3. The van der Waals surface area contributed by atoms with Crippen molar-refractivity contribution in [3.63, 3.8) is 0 Å². The van der Waals surface area contributed by atoms with E-state index in [1.54, 1.807) is 25.1 Å². The number of para-hydroxylation sites is 1. The number of nitrogens with one attached hydrogen (secondary N) is 1. The van der Waals surface area contributed by atoms with Crippen molar-refractivity contribution in [2.75, 3.05) is 7.11 Å². The number of carbonyl (C=O) groups is 1. The molecule has 22 heavy (non-hydrogen) atoms. The molecule has 0 saturated carbocycles. The summed E-state index contributed by atoms with van der Waals surface area (Å²) in [5.41, 5.74) is 3.29.